The molecule has 2 rings (SSSR count). The molecule has 0 saturated carbocycles. The van der Waals surface area contributed by atoms with Crippen LogP contribution in [0.25, 0.3) is 6.08 Å². The predicted octanol–water partition coefficient (Wildman–Crippen LogP) is 3.60. The number of rotatable bonds is 4. The van der Waals surface area contributed by atoms with Crippen molar-refractivity contribution in [3.05, 3.63) is 77.2 Å². The Bertz CT molecular complexity index is 653. The number of halogens is 1. The Morgan fingerprint density at radius 2 is 1.86 bits per heavy atom. The van der Waals surface area contributed by atoms with Crippen LogP contribution < -0.4 is 10.6 Å². The summed E-state index contributed by atoms with van der Waals surface area (Å²) < 4.78 is 13.3. The van der Waals surface area contributed by atoms with Gasteiger partial charge in [0.05, 0.1) is 0 Å². The topological polar surface area (TPSA) is 41.1 Å². The van der Waals surface area contributed by atoms with Crippen molar-refractivity contribution in [2.24, 2.45) is 0 Å². The highest BCUT2D eigenvalue weighted by Gasteiger charge is 2.00. The predicted molar refractivity (Wildman–Crippen MR) is 82.0 cm³/mol. The molecular formula is C17H17FN2O. The van der Waals surface area contributed by atoms with Gasteiger partial charge in [0.25, 0.3) is 0 Å². The summed E-state index contributed by atoms with van der Waals surface area (Å²) in [5.41, 5.74) is 2.61. The number of nitrogens with one attached hydrogen (secondary N) is 2. The molecule has 4 heteroatoms. The van der Waals surface area contributed by atoms with E-state index in [0.717, 1.165) is 11.1 Å². The molecule has 0 aromatic heterocycles. The molecule has 2 aromatic carbocycles. The lowest BCUT2D eigenvalue weighted by atomic mass is 10.1. The van der Waals surface area contributed by atoms with E-state index in [0.29, 0.717) is 12.1 Å². The van der Waals surface area contributed by atoms with Crippen molar-refractivity contribution in [2.45, 2.75) is 13.5 Å². The molecule has 0 aliphatic rings. The van der Waals surface area contributed by atoms with Crippen LogP contribution in [-0.2, 0) is 6.54 Å². The summed E-state index contributed by atoms with van der Waals surface area (Å²) in [5.74, 6) is -0.323. The van der Waals surface area contributed by atoms with Crippen LogP contribution >= 0.6 is 0 Å². The minimum Gasteiger partial charge on any atom is -0.334 e. The summed E-state index contributed by atoms with van der Waals surface area (Å²) in [4.78, 5) is 11.6. The molecule has 2 N–H and O–H groups in total. The molecule has 0 fully saturated rings. The van der Waals surface area contributed by atoms with E-state index in [4.69, 9.17) is 0 Å². The van der Waals surface area contributed by atoms with E-state index < -0.39 is 0 Å². The molecule has 0 heterocycles. The van der Waals surface area contributed by atoms with Crippen molar-refractivity contribution in [1.82, 2.24) is 10.6 Å². The van der Waals surface area contributed by atoms with Crippen molar-refractivity contribution >= 4 is 12.1 Å². The Hall–Kier alpha value is -2.62. The average Bonchev–Trinajstić information content (AvgIpc) is 2.48. The van der Waals surface area contributed by atoms with E-state index in [1.54, 1.807) is 18.2 Å². The molecule has 0 aliphatic carbocycles. The fourth-order valence-corrected chi connectivity index (χ4v) is 1.85. The van der Waals surface area contributed by atoms with Crippen molar-refractivity contribution in [2.75, 3.05) is 0 Å². The second kappa shape index (κ2) is 7.24. The molecule has 0 unspecified atom stereocenters. The first kappa shape index (κ1) is 14.8. The van der Waals surface area contributed by atoms with Crippen LogP contribution in [0, 0.1) is 12.7 Å². The molecule has 0 aliphatic heterocycles. The number of benzene rings is 2. The highest BCUT2D eigenvalue weighted by molar-refractivity contribution is 5.75. The van der Waals surface area contributed by atoms with Crippen LogP contribution in [0.3, 0.4) is 0 Å². The maximum absolute atomic E-state index is 13.3. The van der Waals surface area contributed by atoms with Crippen molar-refractivity contribution in [1.29, 1.82) is 0 Å². The zero-order chi connectivity index (χ0) is 15.1. The molecular weight excluding hydrogens is 267 g/mol. The molecule has 0 bridgehead atoms. The second-order valence-corrected chi connectivity index (χ2v) is 4.61. The molecule has 3 nitrogen and oxygen atoms in total. The van der Waals surface area contributed by atoms with E-state index in [1.165, 1.54) is 18.3 Å². The summed E-state index contributed by atoms with van der Waals surface area (Å²) in [5, 5.41) is 5.30. The number of hydrogen-bond donors (Lipinski definition) is 2. The van der Waals surface area contributed by atoms with Gasteiger partial charge in [-0.05, 0) is 30.2 Å². The first-order valence-electron chi connectivity index (χ1n) is 6.67. The maximum Gasteiger partial charge on any atom is 0.319 e. The summed E-state index contributed by atoms with van der Waals surface area (Å²) in [7, 11) is 0. The average molecular weight is 284 g/mol. The van der Waals surface area contributed by atoms with Crippen molar-refractivity contribution in [3.8, 4) is 0 Å². The van der Waals surface area contributed by atoms with Crippen LogP contribution in [0.2, 0.25) is 0 Å². The van der Waals surface area contributed by atoms with Crippen molar-refractivity contribution in [3.63, 3.8) is 0 Å². The van der Waals surface area contributed by atoms with Gasteiger partial charge in [-0.1, -0.05) is 42.5 Å². The summed E-state index contributed by atoms with van der Waals surface area (Å²) >= 11 is 0. The second-order valence-electron chi connectivity index (χ2n) is 4.61. The Balaban J connectivity index is 1.83. The third-order valence-electron chi connectivity index (χ3n) is 3.08. The highest BCUT2D eigenvalue weighted by atomic mass is 19.1. The minimum atomic E-state index is -0.328. The lowest BCUT2D eigenvalue weighted by molar-refractivity contribution is 0.244. The number of carbonyl (C=O) groups is 1. The monoisotopic (exact) mass is 284 g/mol. The van der Waals surface area contributed by atoms with E-state index in [2.05, 4.69) is 10.6 Å². The maximum atomic E-state index is 13.3. The van der Waals surface area contributed by atoms with Gasteiger partial charge in [-0.3, -0.25) is 0 Å². The van der Waals surface area contributed by atoms with E-state index in [1.807, 2.05) is 31.2 Å². The summed E-state index contributed by atoms with van der Waals surface area (Å²) in [6, 6.07) is 13.9. The molecule has 21 heavy (non-hydrogen) atoms. The largest absolute Gasteiger partial charge is 0.334 e. The zero-order valence-corrected chi connectivity index (χ0v) is 11.8. The summed E-state index contributed by atoms with van der Waals surface area (Å²) in [6.07, 6.45) is 2.94. The fourth-order valence-electron chi connectivity index (χ4n) is 1.85. The Kier molecular flexibility index (Phi) is 5.10. The van der Waals surface area contributed by atoms with Crippen LogP contribution in [0.4, 0.5) is 9.18 Å². The number of hydrogen-bond acceptors (Lipinski definition) is 1. The Labute approximate surface area is 123 Å². The van der Waals surface area contributed by atoms with Crippen LogP contribution in [0.1, 0.15) is 16.7 Å². The van der Waals surface area contributed by atoms with Gasteiger partial charge in [0.15, 0.2) is 0 Å². The third-order valence-corrected chi connectivity index (χ3v) is 3.08. The number of urea groups is 1. The summed E-state index contributed by atoms with van der Waals surface area (Å²) in [6.45, 7) is 2.44. The zero-order valence-electron chi connectivity index (χ0n) is 11.8. The highest BCUT2D eigenvalue weighted by Crippen LogP contribution is 2.07. The van der Waals surface area contributed by atoms with Crippen LogP contribution in [0.5, 0.6) is 0 Å². The Morgan fingerprint density at radius 3 is 2.62 bits per heavy atom. The normalized spacial score (nSPS) is 10.6. The molecule has 2 aromatic rings. The number of carbonyl (C=O) groups excluding carboxylic acids is 1. The molecule has 0 saturated heterocycles. The van der Waals surface area contributed by atoms with Gasteiger partial charge in [-0.2, -0.15) is 0 Å². The Morgan fingerprint density at radius 1 is 1.14 bits per heavy atom. The third kappa shape index (κ3) is 4.45. The van der Waals surface area contributed by atoms with Gasteiger partial charge in [0.2, 0.25) is 0 Å². The smallest absolute Gasteiger partial charge is 0.319 e. The molecule has 0 spiro atoms. The van der Waals surface area contributed by atoms with E-state index in [9.17, 15) is 9.18 Å². The van der Waals surface area contributed by atoms with Gasteiger partial charge in [0.1, 0.15) is 5.82 Å². The van der Waals surface area contributed by atoms with Gasteiger partial charge in [-0.25, -0.2) is 9.18 Å². The lowest BCUT2D eigenvalue weighted by Gasteiger charge is -2.07. The van der Waals surface area contributed by atoms with E-state index >= 15 is 0 Å². The molecule has 0 radical (unpaired) electrons. The number of aryl methyl sites for hydroxylation is 1. The van der Waals surface area contributed by atoms with Gasteiger partial charge in [-0.15, -0.1) is 0 Å². The quantitative estimate of drug-likeness (QED) is 0.885. The van der Waals surface area contributed by atoms with Gasteiger partial charge >= 0.3 is 6.03 Å². The SMILES string of the molecule is Cc1ccccc1CNC(=O)N/C=C/c1ccccc1F. The first-order chi connectivity index (χ1) is 10.2. The van der Waals surface area contributed by atoms with Crippen molar-refractivity contribution < 1.29 is 9.18 Å². The van der Waals surface area contributed by atoms with Gasteiger partial charge < -0.3 is 10.6 Å². The number of amides is 2. The molecule has 108 valence electrons. The molecule has 2 amide bonds. The standard InChI is InChI=1S/C17H17FN2O/c1-13-6-2-3-8-15(13)12-20-17(21)19-11-10-14-7-4-5-9-16(14)18/h2-11H,12H2,1H3,(H2,19,20,21)/b11-10+. The van der Waals surface area contributed by atoms with E-state index in [-0.39, 0.29) is 11.8 Å². The van der Waals surface area contributed by atoms with Crippen LogP contribution in [-0.4, -0.2) is 6.03 Å². The fraction of sp³-hybridized carbons (Fsp3) is 0.118. The minimum absolute atomic E-state index is 0.323. The first-order valence-corrected chi connectivity index (χ1v) is 6.67. The van der Waals surface area contributed by atoms with Crippen LogP contribution in [0.15, 0.2) is 54.7 Å². The molecule has 0 atom stereocenters. The lowest BCUT2D eigenvalue weighted by Crippen LogP contribution is -2.31. The van der Waals surface area contributed by atoms with Gasteiger partial charge in [0, 0.05) is 18.3 Å².